The van der Waals surface area contributed by atoms with E-state index in [1.54, 1.807) is 0 Å². The Morgan fingerprint density at radius 1 is 1.04 bits per heavy atom. The Morgan fingerprint density at radius 2 is 1.79 bits per heavy atom. The standard InChI is InChI=1S/C24H29NO3/c1-25(16-8-2-3-15-24(26)27)17-9-13-21-20-11-5-4-10-19(20)18-28-23-14-7-6-12-22(21)23/h4-7,10-14H,2-3,8-9,15-18H2,1H3,(H,26,27)/b21-13-. The molecule has 2 aromatic carbocycles. The van der Waals surface area contributed by atoms with Crippen molar-refractivity contribution in [3.63, 3.8) is 0 Å². The van der Waals surface area contributed by atoms with Gasteiger partial charge in [0.05, 0.1) is 0 Å². The minimum absolute atomic E-state index is 0.275. The van der Waals surface area contributed by atoms with Crippen LogP contribution in [0, 0.1) is 0 Å². The van der Waals surface area contributed by atoms with Crippen molar-refractivity contribution in [2.45, 2.75) is 38.7 Å². The molecule has 1 N–H and O–H groups in total. The van der Waals surface area contributed by atoms with Crippen LogP contribution < -0.4 is 4.74 Å². The highest BCUT2D eigenvalue weighted by atomic mass is 16.5. The highest BCUT2D eigenvalue weighted by molar-refractivity contribution is 5.84. The Morgan fingerprint density at radius 3 is 2.61 bits per heavy atom. The number of carboxylic acids is 1. The number of para-hydroxylation sites is 1. The summed E-state index contributed by atoms with van der Waals surface area (Å²) in [6.07, 6.45) is 6.34. The van der Waals surface area contributed by atoms with E-state index >= 15 is 0 Å². The summed E-state index contributed by atoms with van der Waals surface area (Å²) in [6, 6.07) is 16.7. The van der Waals surface area contributed by atoms with Crippen LogP contribution in [0.25, 0.3) is 5.57 Å². The Kier molecular flexibility index (Phi) is 7.26. The molecule has 4 nitrogen and oxygen atoms in total. The number of unbranched alkanes of at least 4 members (excludes halogenated alkanes) is 2. The fraction of sp³-hybridized carbons (Fsp3) is 0.375. The van der Waals surface area contributed by atoms with Crippen LogP contribution in [0.3, 0.4) is 0 Å². The average Bonchev–Trinajstić information content (AvgIpc) is 2.85. The van der Waals surface area contributed by atoms with Crippen LogP contribution in [0.2, 0.25) is 0 Å². The first-order valence-electron chi connectivity index (χ1n) is 10.1. The van der Waals surface area contributed by atoms with E-state index in [1.165, 1.54) is 16.7 Å². The van der Waals surface area contributed by atoms with Gasteiger partial charge in [0.2, 0.25) is 0 Å². The van der Waals surface area contributed by atoms with Crippen molar-refractivity contribution in [2.75, 3.05) is 20.1 Å². The van der Waals surface area contributed by atoms with Crippen molar-refractivity contribution in [3.8, 4) is 5.75 Å². The number of nitrogens with zero attached hydrogens (tertiary/aromatic N) is 1. The first kappa shape index (κ1) is 20.2. The van der Waals surface area contributed by atoms with Gasteiger partial charge in [-0.2, -0.15) is 0 Å². The zero-order valence-electron chi connectivity index (χ0n) is 16.6. The lowest BCUT2D eigenvalue weighted by Gasteiger charge is -2.16. The minimum atomic E-state index is -0.701. The first-order valence-corrected chi connectivity index (χ1v) is 10.1. The molecule has 0 aliphatic carbocycles. The molecule has 1 heterocycles. The van der Waals surface area contributed by atoms with Gasteiger partial charge in [-0.25, -0.2) is 0 Å². The van der Waals surface area contributed by atoms with Gasteiger partial charge in [-0.05, 0) is 55.6 Å². The predicted octanol–water partition coefficient (Wildman–Crippen LogP) is 4.98. The van der Waals surface area contributed by atoms with E-state index in [2.05, 4.69) is 54.4 Å². The smallest absolute Gasteiger partial charge is 0.303 e. The predicted molar refractivity (Wildman–Crippen MR) is 113 cm³/mol. The number of ether oxygens (including phenoxy) is 1. The van der Waals surface area contributed by atoms with Crippen LogP contribution in [0.15, 0.2) is 54.6 Å². The van der Waals surface area contributed by atoms with Gasteiger partial charge < -0.3 is 14.7 Å². The highest BCUT2D eigenvalue weighted by Gasteiger charge is 2.18. The number of carboxylic acid groups (broad SMARTS) is 1. The van der Waals surface area contributed by atoms with Crippen molar-refractivity contribution < 1.29 is 14.6 Å². The zero-order valence-corrected chi connectivity index (χ0v) is 16.6. The van der Waals surface area contributed by atoms with Gasteiger partial charge in [0.15, 0.2) is 0 Å². The van der Waals surface area contributed by atoms with Crippen LogP contribution in [-0.2, 0) is 11.4 Å². The lowest BCUT2D eigenvalue weighted by Crippen LogP contribution is -2.20. The van der Waals surface area contributed by atoms with Gasteiger partial charge >= 0.3 is 5.97 Å². The zero-order chi connectivity index (χ0) is 19.8. The third kappa shape index (κ3) is 5.46. The van der Waals surface area contributed by atoms with Gasteiger partial charge in [0.25, 0.3) is 0 Å². The number of hydrogen-bond donors (Lipinski definition) is 1. The van der Waals surface area contributed by atoms with Crippen LogP contribution in [-0.4, -0.2) is 36.1 Å². The van der Waals surface area contributed by atoms with Crippen molar-refractivity contribution in [1.29, 1.82) is 0 Å². The molecule has 0 spiro atoms. The maximum atomic E-state index is 10.6. The summed E-state index contributed by atoms with van der Waals surface area (Å²) in [5, 5.41) is 8.70. The summed E-state index contributed by atoms with van der Waals surface area (Å²) in [6.45, 7) is 2.58. The second kappa shape index (κ2) is 10.1. The molecule has 1 aliphatic rings. The fourth-order valence-corrected chi connectivity index (χ4v) is 3.62. The van der Waals surface area contributed by atoms with Crippen LogP contribution in [0.4, 0.5) is 0 Å². The van der Waals surface area contributed by atoms with Crippen molar-refractivity contribution >= 4 is 11.5 Å². The maximum Gasteiger partial charge on any atom is 0.303 e. The molecule has 0 radical (unpaired) electrons. The Balaban J connectivity index is 1.62. The lowest BCUT2D eigenvalue weighted by molar-refractivity contribution is -0.137. The number of aliphatic carboxylic acids is 1. The number of fused-ring (bicyclic) bond motifs is 2. The molecule has 0 saturated heterocycles. The first-order chi connectivity index (χ1) is 13.6. The number of hydrogen-bond acceptors (Lipinski definition) is 3. The van der Waals surface area contributed by atoms with Crippen LogP contribution >= 0.6 is 0 Å². The quantitative estimate of drug-likeness (QED) is 0.625. The molecule has 0 fully saturated rings. The molecule has 28 heavy (non-hydrogen) atoms. The summed E-state index contributed by atoms with van der Waals surface area (Å²) in [5.74, 6) is 0.240. The average molecular weight is 380 g/mol. The molecule has 3 rings (SSSR count). The summed E-state index contributed by atoms with van der Waals surface area (Å²) < 4.78 is 6.03. The SMILES string of the molecule is CN(CC/C=C1/c2ccccc2COc2ccccc21)CCCCCC(=O)O. The van der Waals surface area contributed by atoms with E-state index in [0.29, 0.717) is 6.61 Å². The van der Waals surface area contributed by atoms with E-state index in [0.717, 1.165) is 50.1 Å². The summed E-state index contributed by atoms with van der Waals surface area (Å²) in [7, 11) is 2.13. The van der Waals surface area contributed by atoms with Gasteiger partial charge in [0, 0.05) is 18.5 Å². The molecular weight excluding hydrogens is 350 g/mol. The summed E-state index contributed by atoms with van der Waals surface area (Å²) >= 11 is 0. The minimum Gasteiger partial charge on any atom is -0.488 e. The highest BCUT2D eigenvalue weighted by Crippen LogP contribution is 2.36. The molecule has 0 aromatic heterocycles. The lowest BCUT2D eigenvalue weighted by atomic mass is 9.93. The molecular formula is C24H29NO3. The van der Waals surface area contributed by atoms with Crippen LogP contribution in [0.1, 0.15) is 48.8 Å². The Hall–Kier alpha value is -2.59. The van der Waals surface area contributed by atoms with E-state index in [-0.39, 0.29) is 6.42 Å². The molecule has 148 valence electrons. The van der Waals surface area contributed by atoms with E-state index < -0.39 is 5.97 Å². The Labute approximate surface area is 167 Å². The summed E-state index contributed by atoms with van der Waals surface area (Å²) in [4.78, 5) is 12.9. The monoisotopic (exact) mass is 379 g/mol. The molecule has 0 atom stereocenters. The van der Waals surface area contributed by atoms with E-state index in [4.69, 9.17) is 9.84 Å². The van der Waals surface area contributed by atoms with E-state index in [9.17, 15) is 4.79 Å². The van der Waals surface area contributed by atoms with Crippen molar-refractivity contribution in [3.05, 3.63) is 71.3 Å². The fourth-order valence-electron chi connectivity index (χ4n) is 3.62. The molecule has 0 amide bonds. The van der Waals surface area contributed by atoms with Crippen molar-refractivity contribution in [2.24, 2.45) is 0 Å². The number of benzene rings is 2. The summed E-state index contributed by atoms with van der Waals surface area (Å²) in [5.41, 5.74) is 4.88. The number of rotatable bonds is 9. The molecule has 2 aromatic rings. The van der Waals surface area contributed by atoms with Crippen molar-refractivity contribution in [1.82, 2.24) is 4.90 Å². The van der Waals surface area contributed by atoms with Gasteiger partial charge in [-0.3, -0.25) is 4.79 Å². The number of carbonyl (C=O) groups is 1. The molecule has 0 bridgehead atoms. The molecule has 0 saturated carbocycles. The molecule has 0 unspecified atom stereocenters. The normalized spacial score (nSPS) is 14.3. The van der Waals surface area contributed by atoms with Crippen LogP contribution in [0.5, 0.6) is 5.75 Å². The topological polar surface area (TPSA) is 49.8 Å². The second-order valence-electron chi connectivity index (χ2n) is 7.36. The van der Waals surface area contributed by atoms with E-state index in [1.807, 2.05) is 12.1 Å². The third-order valence-corrected chi connectivity index (χ3v) is 5.16. The van der Waals surface area contributed by atoms with Gasteiger partial charge in [-0.1, -0.05) is 55.0 Å². The largest absolute Gasteiger partial charge is 0.488 e. The second-order valence-corrected chi connectivity index (χ2v) is 7.36. The maximum absolute atomic E-state index is 10.6. The third-order valence-electron chi connectivity index (χ3n) is 5.16. The molecule has 1 aliphatic heterocycles. The van der Waals surface area contributed by atoms with Gasteiger partial charge in [-0.15, -0.1) is 0 Å². The molecule has 4 heteroatoms. The van der Waals surface area contributed by atoms with Gasteiger partial charge in [0.1, 0.15) is 12.4 Å². The Bertz CT molecular complexity index is 779.